The fourth-order valence-corrected chi connectivity index (χ4v) is 4.08. The molecule has 0 aliphatic carbocycles. The van der Waals surface area contributed by atoms with Crippen LogP contribution in [0.5, 0.6) is 5.75 Å². The van der Waals surface area contributed by atoms with E-state index in [1.54, 1.807) is 12.1 Å². The lowest BCUT2D eigenvalue weighted by Crippen LogP contribution is -2.50. The summed E-state index contributed by atoms with van der Waals surface area (Å²) in [4.78, 5) is 39.3. The standard InChI is InChI=1S/C25H27N3O5/c1-2-32-20-13-7-6-12-18(20)23-22-19(16-33-24(22)30)28(25(31)27-23)15-21(29)26-14-8-11-17-9-4-3-5-10-17/h3-7,9-10,12-13,23H,2,8,11,14-16H2,1H3,(H,26,29)(H,27,31). The molecule has 0 spiro atoms. The lowest BCUT2D eigenvalue weighted by atomic mass is 9.95. The van der Waals surface area contributed by atoms with Crippen molar-refractivity contribution in [2.24, 2.45) is 0 Å². The van der Waals surface area contributed by atoms with Gasteiger partial charge in [-0.3, -0.25) is 9.69 Å². The summed E-state index contributed by atoms with van der Waals surface area (Å²) in [6.07, 6.45) is 1.64. The first-order chi connectivity index (χ1) is 16.1. The maximum atomic E-state index is 12.9. The number of rotatable bonds is 9. The number of nitrogens with zero attached hydrogens (tertiary/aromatic N) is 1. The van der Waals surface area contributed by atoms with Crippen LogP contribution in [0.3, 0.4) is 0 Å². The van der Waals surface area contributed by atoms with Crippen molar-refractivity contribution in [3.63, 3.8) is 0 Å². The fraction of sp³-hybridized carbons (Fsp3) is 0.320. The van der Waals surface area contributed by atoms with Crippen molar-refractivity contribution in [1.82, 2.24) is 15.5 Å². The second-order valence-electron chi connectivity index (χ2n) is 7.82. The molecule has 4 rings (SSSR count). The molecule has 8 heteroatoms. The Morgan fingerprint density at radius 2 is 1.91 bits per heavy atom. The Morgan fingerprint density at radius 3 is 2.70 bits per heavy atom. The van der Waals surface area contributed by atoms with Gasteiger partial charge in [0.1, 0.15) is 18.9 Å². The monoisotopic (exact) mass is 449 g/mol. The van der Waals surface area contributed by atoms with Gasteiger partial charge in [0.15, 0.2) is 0 Å². The van der Waals surface area contributed by atoms with E-state index in [1.165, 1.54) is 10.5 Å². The Labute approximate surface area is 192 Å². The third kappa shape index (κ3) is 5.00. The molecule has 0 saturated carbocycles. The van der Waals surface area contributed by atoms with Crippen LogP contribution in [0.15, 0.2) is 65.9 Å². The molecule has 8 nitrogen and oxygen atoms in total. The third-order valence-electron chi connectivity index (χ3n) is 5.64. The highest BCUT2D eigenvalue weighted by Gasteiger charge is 2.43. The van der Waals surface area contributed by atoms with Gasteiger partial charge in [-0.2, -0.15) is 0 Å². The van der Waals surface area contributed by atoms with E-state index in [1.807, 2.05) is 49.4 Å². The summed E-state index contributed by atoms with van der Waals surface area (Å²) in [7, 11) is 0. The van der Waals surface area contributed by atoms with Crippen LogP contribution in [0.4, 0.5) is 4.79 Å². The Balaban J connectivity index is 1.44. The molecule has 172 valence electrons. The van der Waals surface area contributed by atoms with Crippen LogP contribution >= 0.6 is 0 Å². The van der Waals surface area contributed by atoms with Gasteiger partial charge in [-0.25, -0.2) is 9.59 Å². The van der Waals surface area contributed by atoms with Gasteiger partial charge >= 0.3 is 12.0 Å². The average molecular weight is 450 g/mol. The van der Waals surface area contributed by atoms with Gasteiger partial charge in [-0.15, -0.1) is 0 Å². The molecule has 0 saturated heterocycles. The number of urea groups is 1. The Morgan fingerprint density at radius 1 is 1.15 bits per heavy atom. The van der Waals surface area contributed by atoms with Gasteiger partial charge in [0.25, 0.3) is 0 Å². The van der Waals surface area contributed by atoms with Crippen molar-refractivity contribution in [3.05, 3.63) is 77.0 Å². The van der Waals surface area contributed by atoms with Crippen molar-refractivity contribution in [1.29, 1.82) is 0 Å². The van der Waals surface area contributed by atoms with Crippen LogP contribution in [0, 0.1) is 0 Å². The Hall–Kier alpha value is -3.81. The van der Waals surface area contributed by atoms with Crippen LogP contribution in [0.2, 0.25) is 0 Å². The largest absolute Gasteiger partial charge is 0.494 e. The molecule has 0 fully saturated rings. The molecule has 0 radical (unpaired) electrons. The molecule has 0 bridgehead atoms. The van der Waals surface area contributed by atoms with Crippen molar-refractivity contribution in [3.8, 4) is 5.75 Å². The number of aryl methyl sites for hydroxylation is 1. The van der Waals surface area contributed by atoms with Crippen LogP contribution in [0.1, 0.15) is 30.5 Å². The molecule has 3 amide bonds. The number of hydrogen-bond donors (Lipinski definition) is 2. The van der Waals surface area contributed by atoms with Gasteiger partial charge in [0, 0.05) is 12.1 Å². The van der Waals surface area contributed by atoms with E-state index in [0.29, 0.717) is 35.7 Å². The van der Waals surface area contributed by atoms with Gasteiger partial charge in [0.2, 0.25) is 5.91 Å². The number of benzene rings is 2. The summed E-state index contributed by atoms with van der Waals surface area (Å²) >= 11 is 0. The van der Waals surface area contributed by atoms with E-state index in [4.69, 9.17) is 9.47 Å². The first kappa shape index (κ1) is 22.4. The molecular weight excluding hydrogens is 422 g/mol. The second kappa shape index (κ2) is 10.2. The van der Waals surface area contributed by atoms with Crippen LogP contribution in [0.25, 0.3) is 0 Å². The highest BCUT2D eigenvalue weighted by Crippen LogP contribution is 2.38. The van der Waals surface area contributed by atoms with Crippen LogP contribution in [-0.4, -0.2) is 49.1 Å². The quantitative estimate of drug-likeness (QED) is 0.453. The lowest BCUT2D eigenvalue weighted by molar-refractivity contribution is -0.136. The van der Waals surface area contributed by atoms with Gasteiger partial charge in [-0.1, -0.05) is 48.5 Å². The first-order valence-electron chi connectivity index (χ1n) is 11.1. The minimum absolute atomic E-state index is 0.0455. The van der Waals surface area contributed by atoms with Gasteiger partial charge in [-0.05, 0) is 31.4 Å². The maximum absolute atomic E-state index is 12.9. The number of para-hydroxylation sites is 1. The molecule has 2 aromatic rings. The molecular formula is C25H27N3O5. The first-order valence-corrected chi connectivity index (χ1v) is 11.1. The molecule has 2 aliphatic rings. The number of hydrogen-bond acceptors (Lipinski definition) is 5. The minimum atomic E-state index is -0.699. The van der Waals surface area contributed by atoms with Crippen molar-refractivity contribution < 1.29 is 23.9 Å². The molecule has 2 heterocycles. The third-order valence-corrected chi connectivity index (χ3v) is 5.64. The number of ether oxygens (including phenoxy) is 2. The van der Waals surface area contributed by atoms with E-state index in [9.17, 15) is 14.4 Å². The number of carbonyl (C=O) groups is 3. The normalized spacial score (nSPS) is 17.4. The summed E-state index contributed by atoms with van der Waals surface area (Å²) in [6.45, 7) is 2.58. The zero-order valence-corrected chi connectivity index (χ0v) is 18.5. The number of carbonyl (C=O) groups excluding carboxylic acids is 3. The molecule has 33 heavy (non-hydrogen) atoms. The second-order valence-corrected chi connectivity index (χ2v) is 7.82. The summed E-state index contributed by atoms with van der Waals surface area (Å²) in [5.74, 6) is -0.214. The summed E-state index contributed by atoms with van der Waals surface area (Å²) < 4.78 is 10.9. The maximum Gasteiger partial charge on any atom is 0.338 e. The summed E-state index contributed by atoms with van der Waals surface area (Å²) in [5, 5.41) is 5.70. The minimum Gasteiger partial charge on any atom is -0.494 e. The van der Waals surface area contributed by atoms with Crippen molar-refractivity contribution in [2.45, 2.75) is 25.8 Å². The highest BCUT2D eigenvalue weighted by atomic mass is 16.5. The summed E-state index contributed by atoms with van der Waals surface area (Å²) in [5.41, 5.74) is 2.62. The van der Waals surface area contributed by atoms with Crippen LogP contribution in [-0.2, 0) is 20.7 Å². The van der Waals surface area contributed by atoms with E-state index in [-0.39, 0.29) is 19.1 Å². The summed E-state index contributed by atoms with van der Waals surface area (Å²) in [6, 6.07) is 16.1. The fourth-order valence-electron chi connectivity index (χ4n) is 4.08. The molecule has 0 aromatic heterocycles. The molecule has 1 unspecified atom stereocenters. The lowest BCUT2D eigenvalue weighted by Gasteiger charge is -2.33. The highest BCUT2D eigenvalue weighted by molar-refractivity contribution is 5.98. The molecule has 2 aromatic carbocycles. The smallest absolute Gasteiger partial charge is 0.338 e. The van der Waals surface area contributed by atoms with E-state index in [2.05, 4.69) is 10.6 Å². The van der Waals surface area contributed by atoms with Gasteiger partial charge in [0.05, 0.1) is 23.9 Å². The van der Waals surface area contributed by atoms with E-state index < -0.39 is 18.0 Å². The topological polar surface area (TPSA) is 97.0 Å². The zero-order chi connectivity index (χ0) is 23.2. The molecule has 1 atom stereocenters. The Bertz CT molecular complexity index is 1070. The number of cyclic esters (lactones) is 1. The number of esters is 1. The molecule has 2 aliphatic heterocycles. The molecule has 2 N–H and O–H groups in total. The predicted octanol–water partition coefficient (Wildman–Crippen LogP) is 2.71. The van der Waals surface area contributed by atoms with Gasteiger partial charge < -0.3 is 20.1 Å². The predicted molar refractivity (Wildman–Crippen MR) is 121 cm³/mol. The van der Waals surface area contributed by atoms with Crippen molar-refractivity contribution in [2.75, 3.05) is 26.3 Å². The zero-order valence-electron chi connectivity index (χ0n) is 18.5. The average Bonchev–Trinajstić information content (AvgIpc) is 3.21. The number of nitrogens with one attached hydrogen (secondary N) is 2. The number of amides is 3. The Kier molecular flexibility index (Phi) is 6.92. The van der Waals surface area contributed by atoms with E-state index >= 15 is 0 Å². The van der Waals surface area contributed by atoms with Crippen molar-refractivity contribution >= 4 is 17.9 Å². The van der Waals surface area contributed by atoms with E-state index in [0.717, 1.165) is 12.8 Å². The van der Waals surface area contributed by atoms with Crippen LogP contribution < -0.4 is 15.4 Å². The SMILES string of the molecule is CCOc1ccccc1C1NC(=O)N(CC(=O)NCCCc2ccccc2)C2=C1C(=O)OC2.